The molecule has 1 amide bonds. The summed E-state index contributed by atoms with van der Waals surface area (Å²) in [6.45, 7) is 4.37. The van der Waals surface area contributed by atoms with Gasteiger partial charge in [-0.3, -0.25) is 23.9 Å². The summed E-state index contributed by atoms with van der Waals surface area (Å²) in [7, 11) is 0. The fraction of sp³-hybridized carbons (Fsp3) is 0.188. The summed E-state index contributed by atoms with van der Waals surface area (Å²) >= 11 is 7.74. The molecule has 7 nitrogen and oxygen atoms in total. The van der Waals surface area contributed by atoms with E-state index < -0.39 is 0 Å². The van der Waals surface area contributed by atoms with Gasteiger partial charge in [-0.2, -0.15) is 0 Å². The lowest BCUT2D eigenvalue weighted by Gasteiger charge is -2.27. The Morgan fingerprint density at radius 2 is 1.71 bits per heavy atom. The van der Waals surface area contributed by atoms with Crippen molar-refractivity contribution in [3.05, 3.63) is 109 Å². The summed E-state index contributed by atoms with van der Waals surface area (Å²) in [5, 5.41) is 0. The molecule has 4 aromatic rings. The Kier molecular flexibility index (Phi) is 7.85. The van der Waals surface area contributed by atoms with E-state index in [-0.39, 0.29) is 18.2 Å². The minimum Gasteiger partial charge on any atom is -0.446 e. The zero-order chi connectivity index (χ0) is 29.4. The molecule has 0 aliphatic carbocycles. The normalized spacial score (nSPS) is 16.4. The van der Waals surface area contributed by atoms with E-state index in [1.165, 1.54) is 37.5 Å². The van der Waals surface area contributed by atoms with Gasteiger partial charge in [0.25, 0.3) is 17.9 Å². The highest BCUT2D eigenvalue weighted by Crippen LogP contribution is 2.42. The van der Waals surface area contributed by atoms with Crippen molar-refractivity contribution in [2.75, 3.05) is 11.4 Å². The molecular weight excluding hydrogens is 587 g/mol. The van der Waals surface area contributed by atoms with E-state index in [0.29, 0.717) is 31.4 Å². The van der Waals surface area contributed by atoms with E-state index >= 15 is 0 Å². The Morgan fingerprint density at radius 1 is 0.976 bits per heavy atom. The number of hydrogen-bond acceptors (Lipinski definition) is 8. The number of thiazole rings is 1. The third-order valence-electron chi connectivity index (χ3n) is 7.37. The molecule has 0 spiro atoms. The maximum absolute atomic E-state index is 13.5. The number of ether oxygens (including phenoxy) is 1. The average Bonchev–Trinajstić information content (AvgIpc) is 3.39. The summed E-state index contributed by atoms with van der Waals surface area (Å²) in [4.78, 5) is 41.7. The fourth-order valence-electron chi connectivity index (χ4n) is 5.29. The van der Waals surface area contributed by atoms with Crippen LogP contribution in [0.5, 0.6) is 0 Å². The zero-order valence-electron chi connectivity index (χ0n) is 23.0. The van der Waals surface area contributed by atoms with E-state index in [2.05, 4.69) is 72.5 Å². The van der Waals surface area contributed by atoms with E-state index in [1.807, 2.05) is 19.1 Å². The molecule has 3 aromatic carbocycles. The first-order valence-electron chi connectivity index (χ1n) is 13.5. The number of nitrogens with zero attached hydrogens (tertiary/aromatic N) is 3. The molecule has 0 atom stereocenters. The van der Waals surface area contributed by atoms with Crippen molar-refractivity contribution in [3.63, 3.8) is 0 Å². The van der Waals surface area contributed by atoms with Gasteiger partial charge in [0.05, 0.1) is 4.53 Å². The Bertz CT molecular complexity index is 1910. The first-order valence-corrected chi connectivity index (χ1v) is 15.6. The van der Waals surface area contributed by atoms with Gasteiger partial charge in [0, 0.05) is 23.6 Å². The summed E-state index contributed by atoms with van der Waals surface area (Å²) in [5.74, 6) is -0.249. The van der Waals surface area contributed by atoms with Crippen LogP contribution in [0.15, 0.2) is 71.5 Å². The number of aromatic nitrogens is 1. The van der Waals surface area contributed by atoms with Crippen LogP contribution < -0.4 is 19.7 Å². The molecule has 0 unspecified atom stereocenters. The second-order valence-electron chi connectivity index (χ2n) is 9.98. The van der Waals surface area contributed by atoms with Gasteiger partial charge in [-0.1, -0.05) is 65.9 Å². The number of hydrogen-bond donors (Lipinski definition) is 0. The molecule has 42 heavy (non-hydrogen) atoms. The quantitative estimate of drug-likeness (QED) is 0.230. The molecule has 0 bridgehead atoms. The SMILES string of the molecule is CCN1C(=O)/C(=c2\s/c(=C/c3ccc4c(c3)CCc3ccccc3N4c3ccc(C)cc3)c(=O)n2COC=O)SC1=S. The molecule has 10 heteroatoms. The van der Waals surface area contributed by atoms with Gasteiger partial charge in [0.1, 0.15) is 13.9 Å². The van der Waals surface area contributed by atoms with Crippen LogP contribution >= 0.6 is 35.3 Å². The van der Waals surface area contributed by atoms with Crippen LogP contribution in [0.4, 0.5) is 17.1 Å². The lowest BCUT2D eigenvalue weighted by Crippen LogP contribution is -2.34. The van der Waals surface area contributed by atoms with Gasteiger partial charge in [0.15, 0.2) is 6.73 Å². The minimum absolute atomic E-state index is 0.249. The van der Waals surface area contributed by atoms with Crippen LogP contribution in [0.25, 0.3) is 11.0 Å². The van der Waals surface area contributed by atoms with Crippen molar-refractivity contribution in [2.45, 2.75) is 33.4 Å². The number of thioether (sulfide) groups is 1. The monoisotopic (exact) mass is 613 g/mol. The number of thiocarbonyl (C=S) groups is 1. The number of fused-ring (bicyclic) bond motifs is 2. The van der Waals surface area contributed by atoms with Crippen molar-refractivity contribution in [3.8, 4) is 0 Å². The third kappa shape index (κ3) is 5.10. The molecule has 0 radical (unpaired) electrons. The molecular formula is C32H27N3O4S3. The van der Waals surface area contributed by atoms with Crippen molar-refractivity contribution < 1.29 is 14.3 Å². The van der Waals surface area contributed by atoms with Crippen molar-refractivity contribution in [1.29, 1.82) is 0 Å². The van der Waals surface area contributed by atoms with Gasteiger partial charge in [0.2, 0.25) is 0 Å². The van der Waals surface area contributed by atoms with E-state index in [0.717, 1.165) is 47.2 Å². The first kappa shape index (κ1) is 28.1. The highest BCUT2D eigenvalue weighted by molar-refractivity contribution is 8.30. The lowest BCUT2D eigenvalue weighted by molar-refractivity contribution is -0.132. The number of aryl methyl sites for hydroxylation is 3. The topological polar surface area (TPSA) is 71.8 Å². The van der Waals surface area contributed by atoms with Gasteiger partial charge >= 0.3 is 0 Å². The summed E-state index contributed by atoms with van der Waals surface area (Å²) in [5.41, 5.74) is 7.53. The Hall–Kier alpha value is -3.99. The first-order chi connectivity index (χ1) is 20.4. The van der Waals surface area contributed by atoms with Crippen LogP contribution in [0.1, 0.15) is 29.2 Å². The van der Waals surface area contributed by atoms with Crippen LogP contribution in [0.2, 0.25) is 0 Å². The molecule has 2 aliphatic heterocycles. The molecule has 0 saturated carbocycles. The van der Waals surface area contributed by atoms with Crippen LogP contribution in [0.3, 0.4) is 0 Å². The Balaban J connectivity index is 1.48. The molecule has 1 saturated heterocycles. The van der Waals surface area contributed by atoms with Crippen molar-refractivity contribution in [2.24, 2.45) is 0 Å². The molecule has 0 N–H and O–H groups in total. The lowest BCUT2D eigenvalue weighted by atomic mass is 10.0. The predicted octanol–water partition coefficient (Wildman–Crippen LogP) is 4.73. The van der Waals surface area contributed by atoms with Gasteiger partial charge in [-0.05, 0) is 79.8 Å². The molecule has 2 aliphatic rings. The number of anilines is 3. The molecule has 212 valence electrons. The van der Waals surface area contributed by atoms with E-state index in [4.69, 9.17) is 17.0 Å². The van der Waals surface area contributed by atoms with Crippen LogP contribution in [0, 0.1) is 6.92 Å². The number of benzene rings is 3. The third-order valence-corrected chi connectivity index (χ3v) is 10.1. The molecule has 3 heterocycles. The molecule has 1 fully saturated rings. The minimum atomic E-state index is -0.331. The van der Waals surface area contributed by atoms with Crippen molar-refractivity contribution >= 4 is 80.1 Å². The number of para-hydroxylation sites is 1. The summed E-state index contributed by atoms with van der Waals surface area (Å²) in [6, 6.07) is 23.3. The second-order valence-corrected chi connectivity index (χ2v) is 12.7. The van der Waals surface area contributed by atoms with Crippen LogP contribution in [-0.2, 0) is 33.9 Å². The highest BCUT2D eigenvalue weighted by atomic mass is 32.2. The number of carbonyl (C=O) groups is 2. The maximum Gasteiger partial charge on any atom is 0.294 e. The molecule has 1 aromatic heterocycles. The van der Waals surface area contributed by atoms with E-state index in [1.54, 1.807) is 0 Å². The van der Waals surface area contributed by atoms with Gasteiger partial charge in [-0.15, -0.1) is 11.3 Å². The van der Waals surface area contributed by atoms with Crippen molar-refractivity contribution in [1.82, 2.24) is 9.47 Å². The molecule has 6 rings (SSSR count). The number of amides is 1. The van der Waals surface area contributed by atoms with Crippen LogP contribution in [-0.4, -0.2) is 32.7 Å². The average molecular weight is 614 g/mol. The maximum atomic E-state index is 13.5. The van der Waals surface area contributed by atoms with Gasteiger partial charge in [-0.25, -0.2) is 0 Å². The number of carbonyl (C=O) groups excluding carboxylic acids is 2. The summed E-state index contributed by atoms with van der Waals surface area (Å²) in [6.07, 6.45) is 3.57. The van der Waals surface area contributed by atoms with Gasteiger partial charge < -0.3 is 9.64 Å². The van der Waals surface area contributed by atoms with E-state index in [9.17, 15) is 14.4 Å². The zero-order valence-corrected chi connectivity index (χ0v) is 25.5. The largest absolute Gasteiger partial charge is 0.446 e. The Morgan fingerprint density at radius 3 is 2.45 bits per heavy atom. The Labute approximate surface area is 256 Å². The summed E-state index contributed by atoms with van der Waals surface area (Å²) < 4.78 is 7.58. The smallest absolute Gasteiger partial charge is 0.294 e. The number of rotatable bonds is 6. The highest BCUT2D eigenvalue weighted by Gasteiger charge is 2.33. The standard InChI is InChI=1S/C32H27N3O4S3/c1-3-33-30(38)28(42-32(33)40)31-34(18-39-19-36)29(37)27(41-31)17-21-10-15-26-23(16-21)12-11-22-6-4-5-7-25(22)35(26)24-13-8-20(2)9-14-24/h4-10,13-17,19H,3,11-12,18H2,1-2H3/b27-17+,31-28+. The second kappa shape index (κ2) is 11.7. The fourth-order valence-corrected chi connectivity index (χ4v) is 7.92. The predicted molar refractivity (Wildman–Crippen MR) is 173 cm³/mol.